The Bertz CT molecular complexity index is 571. The summed E-state index contributed by atoms with van der Waals surface area (Å²) in [5.74, 6) is 0.576. The minimum atomic E-state index is -4.40. The van der Waals surface area contributed by atoms with E-state index < -0.39 is 12.8 Å². The Morgan fingerprint density at radius 3 is 2.57 bits per heavy atom. The molecule has 3 saturated carbocycles. The van der Waals surface area contributed by atoms with E-state index in [0.29, 0.717) is 9.13 Å². The maximum atomic E-state index is 12.2. The molecule has 3 fully saturated rings. The molecule has 0 atom stereocenters. The molecule has 2 bridgehead atoms. The molecule has 1 amide bonds. The number of ether oxygens (including phenoxy) is 1. The van der Waals surface area contributed by atoms with Crippen molar-refractivity contribution in [3.05, 3.63) is 27.3 Å². The van der Waals surface area contributed by atoms with Crippen molar-refractivity contribution in [2.75, 3.05) is 6.61 Å². The maximum Gasteiger partial charge on any atom is 0.422 e. The van der Waals surface area contributed by atoms with E-state index in [0.717, 1.165) is 25.2 Å². The molecule has 3 aliphatic rings. The van der Waals surface area contributed by atoms with Gasteiger partial charge in [0.15, 0.2) is 6.61 Å². The first-order valence-corrected chi connectivity index (χ1v) is 7.66. The Balaban J connectivity index is 1.69. The van der Waals surface area contributed by atoms with E-state index in [2.05, 4.69) is 5.32 Å². The van der Waals surface area contributed by atoms with Crippen LogP contribution in [0.4, 0.5) is 13.2 Å². The Morgan fingerprint density at radius 2 is 2.05 bits per heavy atom. The van der Waals surface area contributed by atoms with Crippen LogP contribution in [0, 0.1) is 9.49 Å². The number of hydrogen-bond acceptors (Lipinski definition) is 2. The zero-order valence-corrected chi connectivity index (χ0v) is 13.1. The van der Waals surface area contributed by atoms with Gasteiger partial charge >= 0.3 is 6.18 Å². The van der Waals surface area contributed by atoms with E-state index in [4.69, 9.17) is 4.74 Å². The van der Waals surface area contributed by atoms with Crippen molar-refractivity contribution in [2.45, 2.75) is 31.0 Å². The number of carbonyl (C=O) groups is 1. The number of amides is 1. The topological polar surface area (TPSA) is 38.3 Å². The van der Waals surface area contributed by atoms with E-state index in [1.165, 1.54) is 6.07 Å². The number of benzene rings is 1. The van der Waals surface area contributed by atoms with Crippen LogP contribution in [0.3, 0.4) is 0 Å². The summed E-state index contributed by atoms with van der Waals surface area (Å²) in [5.41, 5.74) is 0.273. The van der Waals surface area contributed by atoms with Crippen molar-refractivity contribution in [3.63, 3.8) is 0 Å². The zero-order valence-electron chi connectivity index (χ0n) is 11.0. The third kappa shape index (κ3) is 3.12. The predicted molar refractivity (Wildman–Crippen MR) is 78.2 cm³/mol. The minimum Gasteiger partial charge on any atom is -0.483 e. The van der Waals surface area contributed by atoms with Crippen molar-refractivity contribution < 1.29 is 22.7 Å². The van der Waals surface area contributed by atoms with Gasteiger partial charge in [0.25, 0.3) is 5.91 Å². The van der Waals surface area contributed by atoms with Crippen LogP contribution in [0.1, 0.15) is 29.6 Å². The van der Waals surface area contributed by atoms with Crippen molar-refractivity contribution in [3.8, 4) is 5.75 Å². The highest BCUT2D eigenvalue weighted by Crippen LogP contribution is 2.57. The second-order valence-electron chi connectivity index (χ2n) is 5.76. The molecule has 0 spiro atoms. The summed E-state index contributed by atoms with van der Waals surface area (Å²) < 4.78 is 41.9. The Kier molecular flexibility index (Phi) is 3.58. The molecule has 21 heavy (non-hydrogen) atoms. The molecule has 4 rings (SSSR count). The summed E-state index contributed by atoms with van der Waals surface area (Å²) >= 11 is 1.88. The maximum absolute atomic E-state index is 12.2. The van der Waals surface area contributed by atoms with Crippen LogP contribution in [-0.4, -0.2) is 24.2 Å². The number of carbonyl (C=O) groups excluding carboxylic acids is 1. The molecule has 1 N–H and O–H groups in total. The molecular weight excluding hydrogens is 398 g/mol. The number of nitrogens with one attached hydrogen (secondary N) is 1. The Hall–Kier alpha value is -0.990. The van der Waals surface area contributed by atoms with Crippen molar-refractivity contribution in [2.24, 2.45) is 5.92 Å². The van der Waals surface area contributed by atoms with E-state index in [1.54, 1.807) is 12.1 Å². The summed E-state index contributed by atoms with van der Waals surface area (Å²) in [6, 6.07) is 4.56. The van der Waals surface area contributed by atoms with Crippen LogP contribution in [-0.2, 0) is 0 Å². The number of halogens is 4. The summed E-state index contributed by atoms with van der Waals surface area (Å²) in [4.78, 5) is 12.2. The second kappa shape index (κ2) is 5.03. The molecule has 0 radical (unpaired) electrons. The molecule has 0 heterocycles. The van der Waals surface area contributed by atoms with Gasteiger partial charge in [0.05, 0.1) is 3.57 Å². The Labute approximate surface area is 133 Å². The summed E-state index contributed by atoms with van der Waals surface area (Å²) in [6.45, 7) is -1.36. The van der Waals surface area contributed by atoms with Crippen LogP contribution in [0.15, 0.2) is 18.2 Å². The van der Waals surface area contributed by atoms with Gasteiger partial charge in [0.2, 0.25) is 0 Å². The summed E-state index contributed by atoms with van der Waals surface area (Å²) in [5, 5.41) is 2.97. The van der Waals surface area contributed by atoms with Gasteiger partial charge in [0.1, 0.15) is 5.75 Å². The molecule has 114 valence electrons. The van der Waals surface area contributed by atoms with Crippen molar-refractivity contribution in [1.82, 2.24) is 5.32 Å². The molecule has 1 aromatic rings. The second-order valence-corrected chi connectivity index (χ2v) is 6.92. The van der Waals surface area contributed by atoms with Gasteiger partial charge in [-0.3, -0.25) is 4.79 Å². The Morgan fingerprint density at radius 1 is 1.38 bits per heavy atom. The average molecular weight is 411 g/mol. The lowest BCUT2D eigenvalue weighted by molar-refractivity contribution is -0.153. The first-order valence-electron chi connectivity index (χ1n) is 6.58. The van der Waals surface area contributed by atoms with Crippen LogP contribution in [0.5, 0.6) is 5.75 Å². The van der Waals surface area contributed by atoms with Crippen molar-refractivity contribution in [1.29, 1.82) is 0 Å². The highest BCUT2D eigenvalue weighted by molar-refractivity contribution is 14.1. The third-order valence-corrected chi connectivity index (χ3v) is 4.89. The fourth-order valence-electron chi connectivity index (χ4n) is 2.86. The fraction of sp³-hybridized carbons (Fsp3) is 0.500. The van der Waals surface area contributed by atoms with Crippen LogP contribution < -0.4 is 10.1 Å². The smallest absolute Gasteiger partial charge is 0.422 e. The fourth-order valence-corrected chi connectivity index (χ4v) is 3.35. The van der Waals surface area contributed by atoms with Gasteiger partial charge in [-0.1, -0.05) is 0 Å². The molecule has 0 aromatic heterocycles. The highest BCUT2D eigenvalue weighted by Gasteiger charge is 2.57. The number of alkyl halides is 3. The zero-order chi connectivity index (χ0) is 15.3. The van der Waals surface area contributed by atoms with Gasteiger partial charge in [0, 0.05) is 11.1 Å². The molecule has 0 unspecified atom stereocenters. The van der Waals surface area contributed by atoms with E-state index in [1.807, 2.05) is 22.6 Å². The van der Waals surface area contributed by atoms with E-state index in [9.17, 15) is 18.0 Å². The number of hydrogen-bond donors (Lipinski definition) is 1. The average Bonchev–Trinajstić information content (AvgIpc) is 2.30. The molecule has 3 aliphatic carbocycles. The normalized spacial score (nSPS) is 26.6. The predicted octanol–water partition coefficient (Wildman–Crippen LogP) is 3.51. The van der Waals surface area contributed by atoms with Gasteiger partial charge in [-0.2, -0.15) is 13.2 Å². The lowest BCUT2D eigenvalue weighted by atomic mass is 9.50. The van der Waals surface area contributed by atoms with Crippen LogP contribution in [0.2, 0.25) is 0 Å². The SMILES string of the molecule is O=C(NC12CC(C1)C2)c1ccc(I)c(OCC(F)(F)F)c1. The standard InChI is InChI=1S/C14H13F3INO2/c15-14(16,17)7-21-11-3-9(1-2-10(11)18)12(20)19-13-4-8(5-13)6-13/h1-3,8H,4-7H2,(H,19,20). The lowest BCUT2D eigenvalue weighted by Gasteiger charge is -2.61. The summed E-state index contributed by atoms with van der Waals surface area (Å²) in [6.07, 6.45) is -1.35. The third-order valence-electron chi connectivity index (χ3n) is 4.00. The van der Waals surface area contributed by atoms with Gasteiger partial charge in [-0.25, -0.2) is 0 Å². The minimum absolute atomic E-state index is 0.0578. The molecule has 0 saturated heterocycles. The first kappa shape index (κ1) is 14.9. The lowest BCUT2D eigenvalue weighted by Crippen LogP contribution is -2.68. The van der Waals surface area contributed by atoms with Crippen molar-refractivity contribution >= 4 is 28.5 Å². The van der Waals surface area contributed by atoms with Gasteiger partial charge in [-0.05, 0) is 66.0 Å². The van der Waals surface area contributed by atoms with Gasteiger partial charge < -0.3 is 10.1 Å². The first-order chi connectivity index (χ1) is 9.76. The molecule has 1 aromatic carbocycles. The number of rotatable bonds is 4. The highest BCUT2D eigenvalue weighted by atomic mass is 127. The molecular formula is C14H13F3INO2. The van der Waals surface area contributed by atoms with E-state index in [-0.39, 0.29) is 17.2 Å². The van der Waals surface area contributed by atoms with Gasteiger partial charge in [-0.15, -0.1) is 0 Å². The molecule has 3 nitrogen and oxygen atoms in total. The van der Waals surface area contributed by atoms with Crippen LogP contribution >= 0.6 is 22.6 Å². The van der Waals surface area contributed by atoms with E-state index >= 15 is 0 Å². The monoisotopic (exact) mass is 411 g/mol. The molecule has 7 heteroatoms. The molecule has 0 aliphatic heterocycles. The van der Waals surface area contributed by atoms with Crippen LogP contribution in [0.25, 0.3) is 0 Å². The summed E-state index contributed by atoms with van der Waals surface area (Å²) in [7, 11) is 0. The largest absolute Gasteiger partial charge is 0.483 e. The quantitative estimate of drug-likeness (QED) is 0.771.